The molecule has 0 aliphatic carbocycles. The molecule has 0 bridgehead atoms. The van der Waals surface area contributed by atoms with Gasteiger partial charge in [0.15, 0.2) is 0 Å². The Morgan fingerprint density at radius 1 is 1.26 bits per heavy atom. The van der Waals surface area contributed by atoms with Crippen LogP contribution in [0.25, 0.3) is 0 Å². The molecule has 5 nitrogen and oxygen atoms in total. The first-order valence-corrected chi connectivity index (χ1v) is 5.97. The van der Waals surface area contributed by atoms with E-state index in [1.54, 1.807) is 24.3 Å². The van der Waals surface area contributed by atoms with E-state index < -0.39 is 5.97 Å². The third-order valence-electron chi connectivity index (χ3n) is 2.39. The van der Waals surface area contributed by atoms with Crippen molar-refractivity contribution >= 4 is 17.7 Å². The van der Waals surface area contributed by atoms with Crippen LogP contribution in [0.3, 0.4) is 0 Å². The van der Waals surface area contributed by atoms with Gasteiger partial charge in [0.05, 0.1) is 0 Å². The highest BCUT2D eigenvalue weighted by Crippen LogP contribution is 2.11. The number of carbonyl (C=O) groups is 2. The molecule has 3 N–H and O–H groups in total. The predicted octanol–water partition coefficient (Wildman–Crippen LogP) is 2.40. The smallest absolute Gasteiger partial charge is 0.319 e. The number of benzene rings is 1. The summed E-state index contributed by atoms with van der Waals surface area (Å²) in [5.41, 5.74) is 2.47. The van der Waals surface area contributed by atoms with E-state index in [0.29, 0.717) is 18.7 Å². The van der Waals surface area contributed by atoms with Gasteiger partial charge in [0, 0.05) is 18.7 Å². The fourth-order valence-electron chi connectivity index (χ4n) is 1.41. The molecule has 0 aromatic heterocycles. The molecule has 0 unspecified atom stereocenters. The van der Waals surface area contributed by atoms with Gasteiger partial charge in [0.1, 0.15) is 0 Å². The van der Waals surface area contributed by atoms with Crippen molar-refractivity contribution in [2.75, 3.05) is 11.9 Å². The molecule has 19 heavy (non-hydrogen) atoms. The molecular formula is C14H18N2O3. The average molecular weight is 262 g/mol. The number of aliphatic carboxylic acids is 1. The van der Waals surface area contributed by atoms with Crippen LogP contribution in [0.5, 0.6) is 0 Å². The van der Waals surface area contributed by atoms with Crippen LogP contribution in [0.2, 0.25) is 0 Å². The number of nitrogens with one attached hydrogen (secondary N) is 2. The van der Waals surface area contributed by atoms with Gasteiger partial charge in [-0.1, -0.05) is 24.3 Å². The zero-order chi connectivity index (χ0) is 14.3. The topological polar surface area (TPSA) is 78.4 Å². The lowest BCUT2D eigenvalue weighted by atomic mass is 10.1. The highest BCUT2D eigenvalue weighted by molar-refractivity contribution is 5.89. The number of carboxylic acids is 1. The highest BCUT2D eigenvalue weighted by Gasteiger charge is 2.02. The molecule has 1 rings (SSSR count). The van der Waals surface area contributed by atoms with Crippen LogP contribution < -0.4 is 10.6 Å². The molecule has 2 amide bonds. The van der Waals surface area contributed by atoms with E-state index in [9.17, 15) is 9.59 Å². The number of carboxylic acid groups (broad SMARTS) is 1. The average Bonchev–Trinajstić information content (AvgIpc) is 2.35. The number of carbonyl (C=O) groups excluding carboxylic acids is 1. The Labute approximate surface area is 112 Å². The van der Waals surface area contributed by atoms with Gasteiger partial charge in [-0.15, -0.1) is 0 Å². The van der Waals surface area contributed by atoms with Gasteiger partial charge >= 0.3 is 12.0 Å². The lowest BCUT2D eigenvalue weighted by molar-refractivity contribution is -0.136. The Morgan fingerprint density at radius 2 is 1.89 bits per heavy atom. The third-order valence-corrected chi connectivity index (χ3v) is 2.39. The number of aryl methyl sites for hydroxylation is 1. The Bertz CT molecular complexity index is 466. The summed E-state index contributed by atoms with van der Waals surface area (Å²) in [4.78, 5) is 21.9. The van der Waals surface area contributed by atoms with Crippen LogP contribution in [0.4, 0.5) is 10.5 Å². The molecule has 5 heteroatoms. The molecule has 1 aromatic carbocycles. The Balaban J connectivity index is 2.45. The van der Waals surface area contributed by atoms with Crippen molar-refractivity contribution in [1.29, 1.82) is 0 Å². The summed E-state index contributed by atoms with van der Waals surface area (Å²) in [5, 5.41) is 13.9. The normalized spacial score (nSPS) is 9.74. The van der Waals surface area contributed by atoms with E-state index in [4.69, 9.17) is 5.11 Å². The fraction of sp³-hybridized carbons (Fsp3) is 0.286. The lowest BCUT2D eigenvalue weighted by Crippen LogP contribution is -2.29. The maximum absolute atomic E-state index is 11.5. The molecular weight excluding hydrogens is 244 g/mol. The van der Waals surface area contributed by atoms with Gasteiger partial charge in [-0.05, 0) is 31.0 Å². The summed E-state index contributed by atoms with van der Waals surface area (Å²) in [7, 11) is 0. The first-order valence-electron chi connectivity index (χ1n) is 5.97. The molecule has 0 aliphatic heterocycles. The molecule has 0 heterocycles. The second-order valence-electron chi connectivity index (χ2n) is 4.36. The highest BCUT2D eigenvalue weighted by atomic mass is 16.4. The zero-order valence-electron chi connectivity index (χ0n) is 10.9. The lowest BCUT2D eigenvalue weighted by Gasteiger charge is -2.08. The van der Waals surface area contributed by atoms with Gasteiger partial charge in [0.2, 0.25) is 0 Å². The predicted molar refractivity (Wildman–Crippen MR) is 74.2 cm³/mol. The maximum atomic E-state index is 11.5. The monoisotopic (exact) mass is 262 g/mol. The fourth-order valence-corrected chi connectivity index (χ4v) is 1.41. The van der Waals surface area contributed by atoms with Crippen molar-refractivity contribution in [3.63, 3.8) is 0 Å². The summed E-state index contributed by atoms with van der Waals surface area (Å²) in [6, 6.07) is 6.81. The third kappa shape index (κ3) is 6.26. The van der Waals surface area contributed by atoms with E-state index in [1.807, 2.05) is 6.92 Å². The molecule has 0 spiro atoms. The number of urea groups is 1. The Morgan fingerprint density at radius 3 is 2.42 bits per heavy atom. The van der Waals surface area contributed by atoms with Crippen LogP contribution in [0.1, 0.15) is 18.9 Å². The van der Waals surface area contributed by atoms with Crippen molar-refractivity contribution in [1.82, 2.24) is 5.32 Å². The van der Waals surface area contributed by atoms with Gasteiger partial charge in [-0.2, -0.15) is 0 Å². The van der Waals surface area contributed by atoms with Crippen LogP contribution in [-0.4, -0.2) is 23.7 Å². The Hall–Kier alpha value is -2.30. The molecule has 0 fully saturated rings. The van der Waals surface area contributed by atoms with Gasteiger partial charge in [-0.25, -0.2) is 4.79 Å². The molecule has 0 saturated heterocycles. The van der Waals surface area contributed by atoms with E-state index in [1.165, 1.54) is 0 Å². The van der Waals surface area contributed by atoms with Crippen molar-refractivity contribution in [2.24, 2.45) is 0 Å². The maximum Gasteiger partial charge on any atom is 0.319 e. The molecule has 0 atom stereocenters. The molecule has 102 valence electrons. The summed E-state index contributed by atoms with van der Waals surface area (Å²) >= 11 is 0. The van der Waals surface area contributed by atoms with Crippen molar-refractivity contribution in [3.05, 3.63) is 42.0 Å². The van der Waals surface area contributed by atoms with Crippen LogP contribution >= 0.6 is 0 Å². The zero-order valence-corrected chi connectivity index (χ0v) is 10.9. The molecule has 0 radical (unpaired) electrons. The Kier molecular flexibility index (Phi) is 5.60. The summed E-state index contributed by atoms with van der Waals surface area (Å²) < 4.78 is 0. The molecule has 0 aliphatic rings. The minimum atomic E-state index is -0.818. The number of hydrogen-bond donors (Lipinski definition) is 3. The summed E-state index contributed by atoms with van der Waals surface area (Å²) in [5.74, 6) is -0.818. The van der Waals surface area contributed by atoms with Crippen LogP contribution in [-0.2, 0) is 11.2 Å². The standard InChI is InChI=1S/C14H18N2O3/c1-10(2)9-15-14(19)16-12-6-3-11(4-7-12)5-8-13(17)18/h3-4,6-7H,1,5,8-9H2,2H3,(H,17,18)(H2,15,16,19). The summed E-state index contributed by atoms with van der Waals surface area (Å²) in [6.45, 7) is 5.95. The number of anilines is 1. The number of rotatable bonds is 6. The van der Waals surface area contributed by atoms with E-state index in [0.717, 1.165) is 11.1 Å². The molecule has 0 saturated carbocycles. The van der Waals surface area contributed by atoms with Gasteiger partial charge in [-0.3, -0.25) is 4.79 Å². The van der Waals surface area contributed by atoms with Crippen LogP contribution in [0.15, 0.2) is 36.4 Å². The van der Waals surface area contributed by atoms with Crippen molar-refractivity contribution in [2.45, 2.75) is 19.8 Å². The van der Waals surface area contributed by atoms with Crippen LogP contribution in [0, 0.1) is 0 Å². The number of hydrogen-bond acceptors (Lipinski definition) is 2. The number of amides is 2. The van der Waals surface area contributed by atoms with Gasteiger partial charge in [0.25, 0.3) is 0 Å². The quantitative estimate of drug-likeness (QED) is 0.689. The van der Waals surface area contributed by atoms with E-state index in [2.05, 4.69) is 17.2 Å². The van der Waals surface area contributed by atoms with Crippen molar-refractivity contribution in [3.8, 4) is 0 Å². The second-order valence-corrected chi connectivity index (χ2v) is 4.36. The largest absolute Gasteiger partial charge is 0.481 e. The van der Waals surface area contributed by atoms with E-state index >= 15 is 0 Å². The first kappa shape index (κ1) is 14.8. The second kappa shape index (κ2) is 7.20. The minimum absolute atomic E-state index is 0.103. The molecule has 1 aromatic rings. The van der Waals surface area contributed by atoms with Crippen molar-refractivity contribution < 1.29 is 14.7 Å². The first-order chi connectivity index (χ1) is 8.97. The summed E-state index contributed by atoms with van der Waals surface area (Å²) in [6.07, 6.45) is 0.587. The minimum Gasteiger partial charge on any atom is -0.481 e. The van der Waals surface area contributed by atoms with Gasteiger partial charge < -0.3 is 15.7 Å². The SMILES string of the molecule is C=C(C)CNC(=O)Nc1ccc(CCC(=O)O)cc1. The van der Waals surface area contributed by atoms with E-state index in [-0.39, 0.29) is 12.5 Å².